The molecule has 0 radical (unpaired) electrons. The van der Waals surface area contributed by atoms with E-state index < -0.39 is 46.0 Å². The summed E-state index contributed by atoms with van der Waals surface area (Å²) in [6.07, 6.45) is 0. The van der Waals surface area contributed by atoms with Crippen molar-refractivity contribution in [1.29, 1.82) is 0 Å². The first-order valence-corrected chi connectivity index (χ1v) is 9.01. The number of hydrogen-bond acceptors (Lipinski definition) is 6. The minimum absolute atomic E-state index is 0.107. The number of nitrogens with two attached hydrogens (primary N) is 1. The Morgan fingerprint density at radius 2 is 2.04 bits per heavy atom. The van der Waals surface area contributed by atoms with E-state index in [0.29, 0.717) is 11.1 Å². The van der Waals surface area contributed by atoms with Crippen LogP contribution in [0.25, 0.3) is 0 Å². The first kappa shape index (κ1) is 18.5. The van der Waals surface area contributed by atoms with E-state index in [1.807, 2.05) is 0 Å². The van der Waals surface area contributed by atoms with Crippen LogP contribution >= 0.6 is 11.8 Å². The number of carboxylic acid groups (broad SMARTS) is 1. The molecule has 5 N–H and O–H groups in total. The molecule has 9 heteroatoms. The van der Waals surface area contributed by atoms with Gasteiger partial charge in [0, 0.05) is 4.75 Å². The average molecular weight is 379 g/mol. The summed E-state index contributed by atoms with van der Waals surface area (Å²) in [5.41, 5.74) is 7.09. The van der Waals surface area contributed by atoms with Crippen LogP contribution in [0.3, 0.4) is 0 Å². The van der Waals surface area contributed by atoms with Gasteiger partial charge in [0.2, 0.25) is 11.8 Å². The van der Waals surface area contributed by atoms with Crippen LogP contribution in [-0.4, -0.2) is 55.1 Å². The van der Waals surface area contributed by atoms with Gasteiger partial charge in [-0.15, -0.1) is 11.8 Å². The molecule has 2 amide bonds. The fourth-order valence-electron chi connectivity index (χ4n) is 3.41. The molecule has 1 aromatic rings. The minimum Gasteiger partial charge on any atom is -0.508 e. The molecule has 2 heterocycles. The number of rotatable bonds is 4. The first-order chi connectivity index (χ1) is 12.0. The second-order valence-electron chi connectivity index (χ2n) is 7.11. The van der Waals surface area contributed by atoms with Crippen molar-refractivity contribution in [3.8, 4) is 5.75 Å². The van der Waals surface area contributed by atoms with Crippen LogP contribution < -0.4 is 11.1 Å². The van der Waals surface area contributed by atoms with Crippen LogP contribution in [0.1, 0.15) is 31.0 Å². The van der Waals surface area contributed by atoms with Gasteiger partial charge < -0.3 is 26.2 Å². The van der Waals surface area contributed by atoms with Crippen molar-refractivity contribution in [2.24, 2.45) is 5.73 Å². The van der Waals surface area contributed by atoms with Gasteiger partial charge in [-0.3, -0.25) is 9.59 Å². The van der Waals surface area contributed by atoms with E-state index in [9.17, 15) is 24.6 Å². The van der Waals surface area contributed by atoms with Gasteiger partial charge in [0.25, 0.3) is 0 Å². The number of nitrogens with zero attached hydrogens (tertiary/aromatic N) is 1. The molecule has 26 heavy (non-hydrogen) atoms. The van der Waals surface area contributed by atoms with Crippen molar-refractivity contribution in [3.63, 3.8) is 0 Å². The number of aromatic hydroxyl groups is 1. The lowest BCUT2D eigenvalue weighted by atomic mass is 9.95. The summed E-state index contributed by atoms with van der Waals surface area (Å²) in [6.45, 7) is 5.23. The Balaban J connectivity index is 1.72. The smallest absolute Gasteiger partial charge is 0.327 e. The minimum atomic E-state index is -1.06. The summed E-state index contributed by atoms with van der Waals surface area (Å²) in [7, 11) is 0. The van der Waals surface area contributed by atoms with Crippen LogP contribution in [0.15, 0.2) is 18.2 Å². The van der Waals surface area contributed by atoms with E-state index in [1.54, 1.807) is 32.9 Å². The molecule has 2 aliphatic rings. The number of aliphatic carboxylic acids is 1. The van der Waals surface area contributed by atoms with Gasteiger partial charge in [-0.05, 0) is 38.0 Å². The maximum absolute atomic E-state index is 12.5. The van der Waals surface area contributed by atoms with Crippen LogP contribution in [0, 0.1) is 6.92 Å². The molecule has 0 saturated carbocycles. The third-order valence-electron chi connectivity index (χ3n) is 4.84. The number of amides is 2. The molecule has 2 fully saturated rings. The second kappa shape index (κ2) is 6.17. The molecule has 3 rings (SSSR count). The fraction of sp³-hybridized carbons (Fsp3) is 0.471. The lowest BCUT2D eigenvalue weighted by molar-refractivity contribution is -0.161. The number of phenols is 1. The monoisotopic (exact) mass is 379 g/mol. The van der Waals surface area contributed by atoms with Crippen LogP contribution in [0.4, 0.5) is 0 Å². The Kier molecular flexibility index (Phi) is 4.40. The Morgan fingerprint density at radius 1 is 1.38 bits per heavy atom. The van der Waals surface area contributed by atoms with Gasteiger partial charge in [-0.1, -0.05) is 12.1 Å². The van der Waals surface area contributed by atoms with Crippen molar-refractivity contribution in [1.82, 2.24) is 10.2 Å². The number of aryl methyl sites for hydroxylation is 1. The van der Waals surface area contributed by atoms with Crippen molar-refractivity contribution in [2.45, 2.75) is 49.0 Å². The summed E-state index contributed by atoms with van der Waals surface area (Å²) in [5, 5.41) is 21.2. The number of fused-ring (bicyclic) bond motifs is 1. The standard InChI is InChI=1S/C17H21N3O5S/c1-7-6-8(4-5-9(7)21)10(18)13(22)19-11-14(23)20-12(16(24)25)17(2,3)26-15(11)20/h4-6,10-12,15,21H,18H2,1-3H3,(H,19,22)(H,24,25)/t10?,11-,12+,15-/m1/s1. The Morgan fingerprint density at radius 3 is 2.62 bits per heavy atom. The van der Waals surface area contributed by atoms with Crippen molar-refractivity contribution < 1.29 is 24.6 Å². The number of phenolic OH excluding ortho intramolecular Hbond substituents is 1. The van der Waals surface area contributed by atoms with Crippen molar-refractivity contribution in [3.05, 3.63) is 29.3 Å². The number of β-lactam (4-membered cyclic amide) rings is 1. The number of benzene rings is 1. The summed E-state index contributed by atoms with van der Waals surface area (Å²) in [4.78, 5) is 37.7. The predicted octanol–water partition coefficient (Wildman–Crippen LogP) is 0.332. The highest BCUT2D eigenvalue weighted by atomic mass is 32.2. The molecule has 4 atom stereocenters. The summed E-state index contributed by atoms with van der Waals surface area (Å²) >= 11 is 1.36. The summed E-state index contributed by atoms with van der Waals surface area (Å²) < 4.78 is -0.651. The van der Waals surface area contributed by atoms with E-state index in [1.165, 1.54) is 22.7 Å². The molecule has 0 spiro atoms. The van der Waals surface area contributed by atoms with Gasteiger partial charge in [-0.2, -0.15) is 0 Å². The molecule has 1 aromatic carbocycles. The summed E-state index contributed by atoms with van der Waals surface area (Å²) in [6, 6.07) is 1.91. The number of carboxylic acids is 1. The number of carbonyl (C=O) groups is 3. The lowest BCUT2D eigenvalue weighted by Crippen LogP contribution is -2.71. The number of thioether (sulfide) groups is 1. The van der Waals surface area contributed by atoms with Gasteiger partial charge in [0.15, 0.2) is 0 Å². The highest BCUT2D eigenvalue weighted by Crippen LogP contribution is 2.50. The Bertz CT molecular complexity index is 797. The van der Waals surface area contributed by atoms with Gasteiger partial charge in [0.05, 0.1) is 0 Å². The van der Waals surface area contributed by atoms with Crippen LogP contribution in [0.2, 0.25) is 0 Å². The lowest BCUT2D eigenvalue weighted by Gasteiger charge is -2.43. The van der Waals surface area contributed by atoms with E-state index >= 15 is 0 Å². The predicted molar refractivity (Wildman–Crippen MR) is 95.4 cm³/mol. The highest BCUT2D eigenvalue weighted by molar-refractivity contribution is 8.01. The molecule has 0 aliphatic carbocycles. The number of hydrogen-bond donors (Lipinski definition) is 4. The summed E-state index contributed by atoms with van der Waals surface area (Å²) in [5.74, 6) is -1.89. The zero-order valence-electron chi connectivity index (χ0n) is 14.6. The molecule has 8 nitrogen and oxygen atoms in total. The molecule has 2 saturated heterocycles. The van der Waals surface area contributed by atoms with Crippen molar-refractivity contribution >= 4 is 29.5 Å². The molecule has 140 valence electrons. The van der Waals surface area contributed by atoms with E-state index in [2.05, 4.69) is 5.32 Å². The zero-order chi connectivity index (χ0) is 19.4. The molecule has 0 aromatic heterocycles. The van der Waals surface area contributed by atoms with Crippen LogP contribution in [-0.2, 0) is 14.4 Å². The van der Waals surface area contributed by atoms with E-state index in [4.69, 9.17) is 5.73 Å². The maximum atomic E-state index is 12.5. The third kappa shape index (κ3) is 2.80. The van der Waals surface area contributed by atoms with Gasteiger partial charge >= 0.3 is 5.97 Å². The van der Waals surface area contributed by atoms with Crippen molar-refractivity contribution in [2.75, 3.05) is 0 Å². The van der Waals surface area contributed by atoms with Crippen LogP contribution in [0.5, 0.6) is 5.75 Å². The number of carbonyl (C=O) groups excluding carboxylic acids is 2. The molecule has 0 bridgehead atoms. The van der Waals surface area contributed by atoms with Gasteiger partial charge in [0.1, 0.15) is 29.2 Å². The Labute approximate surface area is 154 Å². The quantitative estimate of drug-likeness (QED) is 0.554. The zero-order valence-corrected chi connectivity index (χ0v) is 15.4. The largest absolute Gasteiger partial charge is 0.508 e. The third-order valence-corrected chi connectivity index (χ3v) is 6.41. The first-order valence-electron chi connectivity index (χ1n) is 8.13. The molecule has 1 unspecified atom stereocenters. The van der Waals surface area contributed by atoms with E-state index in [0.717, 1.165) is 0 Å². The fourth-order valence-corrected chi connectivity index (χ4v) is 5.04. The Hall–Kier alpha value is -2.26. The molecule has 2 aliphatic heterocycles. The topological polar surface area (TPSA) is 133 Å². The van der Waals surface area contributed by atoms with E-state index in [-0.39, 0.29) is 5.75 Å². The second-order valence-corrected chi connectivity index (χ2v) is 8.88. The van der Waals surface area contributed by atoms with Gasteiger partial charge in [-0.25, -0.2) is 4.79 Å². The highest BCUT2D eigenvalue weighted by Gasteiger charge is 2.64. The molecular weight excluding hydrogens is 358 g/mol. The maximum Gasteiger partial charge on any atom is 0.327 e. The number of nitrogens with one attached hydrogen (secondary N) is 1. The normalized spacial score (nSPS) is 27.5. The molecular formula is C17H21N3O5S. The average Bonchev–Trinajstić information content (AvgIpc) is 2.82. The SMILES string of the molecule is Cc1cc(C(N)C(=O)N[C@@H]2C(=O)N3[C@@H]2SC(C)(C)[C@@H]3C(=O)O)ccc1O.